The molecule has 1 saturated heterocycles. The molecular formula is C29H41F3N7+. The quantitative estimate of drug-likeness (QED) is 0.373. The highest BCUT2D eigenvalue weighted by Crippen LogP contribution is 2.38. The van der Waals surface area contributed by atoms with Crippen molar-refractivity contribution in [1.82, 2.24) is 24.5 Å². The van der Waals surface area contributed by atoms with Crippen molar-refractivity contribution in [3.05, 3.63) is 40.8 Å². The van der Waals surface area contributed by atoms with Gasteiger partial charge >= 0.3 is 6.18 Å². The van der Waals surface area contributed by atoms with Crippen molar-refractivity contribution < 1.29 is 13.2 Å². The first kappa shape index (κ1) is 29.1. The summed E-state index contributed by atoms with van der Waals surface area (Å²) < 4.78 is 42.5. The minimum absolute atomic E-state index is 0.0618. The van der Waals surface area contributed by atoms with Crippen LogP contribution >= 0.6 is 0 Å². The van der Waals surface area contributed by atoms with Crippen molar-refractivity contribution in [2.24, 2.45) is 0 Å². The summed E-state index contributed by atoms with van der Waals surface area (Å²) in [5, 5.41) is 18.8. The van der Waals surface area contributed by atoms with Gasteiger partial charge in [-0.2, -0.15) is 28.6 Å². The predicted octanol–water partition coefficient (Wildman–Crippen LogP) is 6.66. The summed E-state index contributed by atoms with van der Waals surface area (Å²) in [5.74, 6) is 0.550. The fraction of sp³-hybridized carbons (Fsp3) is 0.724. The van der Waals surface area contributed by atoms with Crippen LogP contribution in [0.3, 0.4) is 0 Å². The normalized spacial score (nSPS) is 20.3. The monoisotopic (exact) mass is 544 g/mol. The minimum Gasteiger partial charge on any atom is -0.295 e. The van der Waals surface area contributed by atoms with Crippen LogP contribution in [0, 0.1) is 17.4 Å². The molecular weight excluding hydrogens is 503 g/mol. The van der Waals surface area contributed by atoms with Crippen molar-refractivity contribution in [2.75, 3.05) is 26.2 Å². The summed E-state index contributed by atoms with van der Waals surface area (Å²) in [4.78, 5) is 6.10. The Hall–Kier alpha value is -2.85. The molecule has 212 valence electrons. The van der Waals surface area contributed by atoms with Gasteiger partial charge in [0.2, 0.25) is 0 Å². The number of hydrogen-bond acceptors (Lipinski definition) is 4. The first-order chi connectivity index (χ1) is 18.6. The predicted molar refractivity (Wildman–Crippen MR) is 145 cm³/mol. The molecule has 0 amide bonds. The van der Waals surface area contributed by atoms with E-state index in [-0.39, 0.29) is 17.9 Å². The van der Waals surface area contributed by atoms with Gasteiger partial charge in [-0.3, -0.25) is 14.3 Å². The van der Waals surface area contributed by atoms with E-state index in [1.807, 2.05) is 17.1 Å². The van der Waals surface area contributed by atoms with Crippen LogP contribution in [0.1, 0.15) is 102 Å². The fourth-order valence-electron chi connectivity index (χ4n) is 5.97. The number of halogens is 3. The molecule has 1 aliphatic carbocycles. The van der Waals surface area contributed by atoms with Gasteiger partial charge in [0.1, 0.15) is 6.42 Å². The van der Waals surface area contributed by atoms with E-state index in [9.17, 15) is 18.4 Å². The molecule has 2 aliphatic rings. The average Bonchev–Trinajstić information content (AvgIpc) is 3.59. The molecule has 2 aromatic heterocycles. The van der Waals surface area contributed by atoms with Crippen molar-refractivity contribution in [3.8, 4) is 12.1 Å². The van der Waals surface area contributed by atoms with Gasteiger partial charge in [-0.05, 0) is 37.2 Å². The lowest BCUT2D eigenvalue weighted by Gasteiger charge is -2.41. The second kappa shape index (κ2) is 12.1. The highest BCUT2D eigenvalue weighted by Gasteiger charge is 2.40. The average molecular weight is 545 g/mol. The molecule has 0 radical (unpaired) electrons. The van der Waals surface area contributed by atoms with Crippen LogP contribution in [0.15, 0.2) is 24.8 Å². The minimum atomic E-state index is -4.22. The van der Waals surface area contributed by atoms with Gasteiger partial charge in [-0.25, -0.2) is 0 Å². The van der Waals surface area contributed by atoms with E-state index >= 15 is 0 Å². The van der Waals surface area contributed by atoms with Crippen LogP contribution in [-0.4, -0.2) is 56.8 Å². The van der Waals surface area contributed by atoms with Crippen molar-refractivity contribution in [2.45, 2.75) is 108 Å². The lowest BCUT2D eigenvalue weighted by Crippen LogP contribution is -2.48. The van der Waals surface area contributed by atoms with Crippen LogP contribution in [0.4, 0.5) is 13.2 Å². The Morgan fingerprint density at radius 3 is 2.08 bits per heavy atom. The Kier molecular flexibility index (Phi) is 9.06. The van der Waals surface area contributed by atoms with Gasteiger partial charge in [0.25, 0.3) is 12.6 Å². The molecule has 0 aromatic carbocycles. The number of likely N-dealkylation sites (tertiary alicyclic amines) is 1. The van der Waals surface area contributed by atoms with E-state index in [1.54, 1.807) is 6.20 Å². The summed E-state index contributed by atoms with van der Waals surface area (Å²) in [6, 6.07) is 5.59. The van der Waals surface area contributed by atoms with Gasteiger partial charge in [-0.1, -0.05) is 44.9 Å². The van der Waals surface area contributed by atoms with E-state index in [2.05, 4.69) is 53.7 Å². The fourth-order valence-corrected chi connectivity index (χ4v) is 5.97. The second-order valence-electron chi connectivity index (χ2n) is 11.9. The van der Waals surface area contributed by atoms with Gasteiger partial charge < -0.3 is 0 Å². The maximum Gasteiger partial charge on any atom is 0.401 e. The molecule has 1 saturated carbocycles. The van der Waals surface area contributed by atoms with Crippen molar-refractivity contribution in [3.63, 3.8) is 0 Å². The number of rotatable bonds is 8. The Morgan fingerprint density at radius 1 is 0.923 bits per heavy atom. The topological polar surface area (TPSA) is 67.0 Å². The summed E-state index contributed by atoms with van der Waals surface area (Å²) in [7, 11) is 0. The highest BCUT2D eigenvalue weighted by atomic mass is 19.4. The van der Waals surface area contributed by atoms with Crippen LogP contribution in [0.2, 0.25) is 0 Å². The van der Waals surface area contributed by atoms with E-state index in [4.69, 9.17) is 5.10 Å². The van der Waals surface area contributed by atoms with E-state index in [0.29, 0.717) is 38.4 Å². The van der Waals surface area contributed by atoms with E-state index in [0.717, 1.165) is 24.8 Å². The zero-order valence-corrected chi connectivity index (χ0v) is 23.4. The molecule has 1 aliphatic heterocycles. The first-order valence-corrected chi connectivity index (χ1v) is 14.2. The zero-order chi connectivity index (χ0) is 28.1. The molecule has 1 atom stereocenters. The van der Waals surface area contributed by atoms with Crippen molar-refractivity contribution in [1.29, 1.82) is 5.26 Å². The smallest absolute Gasteiger partial charge is 0.295 e. The van der Waals surface area contributed by atoms with E-state index < -0.39 is 18.3 Å². The largest absolute Gasteiger partial charge is 0.401 e. The number of piperidine rings is 1. The van der Waals surface area contributed by atoms with Gasteiger partial charge in [0.15, 0.2) is 0 Å². The lowest BCUT2D eigenvalue weighted by molar-refractivity contribution is -0.150. The lowest BCUT2D eigenvalue weighted by atomic mass is 9.79. The standard InChI is InChI=1S/C29H41F3N7/c1-23(2)25-18-35-38(20-25)27(7-5-4-6-8-27)10-14-34-17-24(3)26-19-36-39(21-26)28(9-13-33)11-15-37(16-12-28)22-29(30,31)32/h18-21,23-24H,4-12,15-17,22H2,1-3H3/q+1. The summed E-state index contributed by atoms with van der Waals surface area (Å²) >= 11 is 0. The van der Waals surface area contributed by atoms with Crippen LogP contribution < -0.4 is 0 Å². The molecule has 0 bridgehead atoms. The van der Waals surface area contributed by atoms with Crippen LogP contribution in [0.25, 0.3) is 4.85 Å². The molecule has 7 nitrogen and oxygen atoms in total. The second-order valence-corrected chi connectivity index (χ2v) is 11.9. The first-order valence-electron chi connectivity index (χ1n) is 14.2. The van der Waals surface area contributed by atoms with Crippen LogP contribution in [0.5, 0.6) is 0 Å². The maximum atomic E-state index is 12.8. The summed E-state index contributed by atoms with van der Waals surface area (Å²) in [6.07, 6.45) is 11.4. The summed E-state index contributed by atoms with van der Waals surface area (Å²) in [6.45, 7) is 6.71. The third-order valence-corrected chi connectivity index (χ3v) is 8.68. The molecule has 10 heteroatoms. The van der Waals surface area contributed by atoms with Gasteiger partial charge in [-0.15, -0.1) is 0 Å². The van der Waals surface area contributed by atoms with Gasteiger partial charge in [0.05, 0.1) is 48.4 Å². The van der Waals surface area contributed by atoms with Crippen LogP contribution in [-0.2, 0) is 11.1 Å². The summed E-state index contributed by atoms with van der Waals surface area (Å²) in [5.41, 5.74) is 1.63. The molecule has 0 N–H and O–H groups in total. The SMILES string of the molecule is CC(C)c1cnn(C2(CC#[N+]CC(C)c3cnn(C4(CC#N)CCN(CC(F)(F)F)CC4)c3)CCCCC2)c1. The molecule has 2 fully saturated rings. The Morgan fingerprint density at radius 2 is 1.51 bits per heavy atom. The Balaban J connectivity index is 1.40. The number of aromatic nitrogens is 4. The molecule has 39 heavy (non-hydrogen) atoms. The van der Waals surface area contributed by atoms with Gasteiger partial charge in [0, 0.05) is 31.0 Å². The molecule has 4 rings (SSSR count). The number of nitrogens with zero attached hydrogens (tertiary/aromatic N) is 7. The third-order valence-electron chi connectivity index (χ3n) is 8.68. The Labute approximate surface area is 229 Å². The highest BCUT2D eigenvalue weighted by molar-refractivity contribution is 5.16. The number of alkyl halides is 3. The molecule has 0 spiro atoms. The number of nitriles is 1. The zero-order valence-electron chi connectivity index (χ0n) is 23.4. The Bertz CT molecular complexity index is 1180. The third kappa shape index (κ3) is 7.03. The number of hydrogen-bond donors (Lipinski definition) is 0. The molecule has 3 heterocycles. The van der Waals surface area contributed by atoms with E-state index in [1.165, 1.54) is 29.7 Å². The van der Waals surface area contributed by atoms with Crippen molar-refractivity contribution >= 4 is 0 Å². The molecule has 1 unspecified atom stereocenters. The molecule has 2 aromatic rings. The maximum absolute atomic E-state index is 12.8.